The summed E-state index contributed by atoms with van der Waals surface area (Å²) in [4.78, 5) is 3.93. The van der Waals surface area contributed by atoms with Crippen molar-refractivity contribution in [2.75, 3.05) is 0 Å². The first kappa shape index (κ1) is 30.6. The summed E-state index contributed by atoms with van der Waals surface area (Å²) in [6.07, 6.45) is -8.82. The fourth-order valence-corrected chi connectivity index (χ4v) is 4.79. The van der Waals surface area contributed by atoms with Crippen LogP contribution in [0.2, 0.25) is 19.6 Å². The Hall–Kier alpha value is -1.61. The average molecular weight is 644 g/mol. The molecule has 0 aromatic heterocycles. The molecule has 3 aromatic rings. The van der Waals surface area contributed by atoms with Crippen molar-refractivity contribution in [2.24, 2.45) is 4.99 Å². The molecule has 12 heteroatoms. The molecule has 0 radical (unpaired) electrons. The first-order valence-corrected chi connectivity index (χ1v) is 20.1. The van der Waals surface area contributed by atoms with Gasteiger partial charge in [-0.25, -0.2) is 0 Å². The van der Waals surface area contributed by atoms with Crippen molar-refractivity contribution in [1.29, 1.82) is 0 Å². The van der Waals surface area contributed by atoms with E-state index < -0.39 is 58.1 Å². The first-order chi connectivity index (χ1) is 16.6. The summed E-state index contributed by atoms with van der Waals surface area (Å²) in [6, 6.07) is 13.7. The van der Waals surface area contributed by atoms with E-state index in [1.807, 2.05) is 19.6 Å². The van der Waals surface area contributed by atoms with Gasteiger partial charge in [0.25, 0.3) is 0 Å². The Kier molecular flexibility index (Phi) is 10.5. The molecule has 36 heavy (non-hydrogen) atoms. The summed E-state index contributed by atoms with van der Waals surface area (Å²) in [7, 11) is 7.85. The molecule has 0 aliphatic rings. The van der Waals surface area contributed by atoms with Gasteiger partial charge in [-0.2, -0.15) is 26.3 Å². The van der Waals surface area contributed by atoms with E-state index in [9.17, 15) is 31.4 Å². The van der Waals surface area contributed by atoms with Crippen LogP contribution in [0, 0.1) is 0 Å². The third-order valence-electron chi connectivity index (χ3n) is 5.03. The van der Waals surface area contributed by atoms with E-state index in [1.54, 1.807) is 42.5 Å². The molecule has 0 bridgehead atoms. The van der Waals surface area contributed by atoms with E-state index in [0.717, 1.165) is 11.8 Å². The van der Waals surface area contributed by atoms with Crippen LogP contribution < -0.4 is 5.19 Å². The van der Waals surface area contributed by atoms with E-state index in [-0.39, 0.29) is 17.4 Å². The third-order valence-corrected chi connectivity index (χ3v) is 7.04. The molecule has 0 heterocycles. The zero-order valence-corrected chi connectivity index (χ0v) is 24.2. The molecule has 3 rings (SSSR count). The number of nitrogens with zero attached hydrogens (tertiary/aromatic N) is 1. The Bertz CT molecular complexity index is 1180. The van der Waals surface area contributed by atoms with Crippen molar-refractivity contribution in [2.45, 2.75) is 32.0 Å². The second-order valence-corrected chi connectivity index (χ2v) is 17.4. The molecule has 0 saturated carbocycles. The topological polar surface area (TPSA) is 32.6 Å². The zero-order valence-electron chi connectivity index (χ0n) is 19.3. The van der Waals surface area contributed by atoms with Crippen LogP contribution >= 0.6 is 17.0 Å². The predicted octanol–water partition coefficient (Wildman–Crippen LogP) is 8.77. The van der Waals surface area contributed by atoms with Crippen molar-refractivity contribution >= 4 is 42.2 Å². The van der Waals surface area contributed by atoms with E-state index >= 15 is 0 Å². The molecule has 0 saturated heterocycles. The van der Waals surface area contributed by atoms with E-state index in [2.05, 4.69) is 4.99 Å². The van der Waals surface area contributed by atoms with E-state index in [4.69, 9.17) is 17.0 Å². The number of phenols is 1. The molecule has 1 N–H and O–H groups in total. The molecular weight excluding hydrogens is 622 g/mol. The molecule has 0 amide bonds. The van der Waals surface area contributed by atoms with Crippen molar-refractivity contribution in [3.8, 4) is 16.9 Å². The van der Waals surface area contributed by atoms with Crippen molar-refractivity contribution in [1.82, 2.24) is 0 Å². The Morgan fingerprint density at radius 3 is 1.78 bits per heavy atom. The quantitative estimate of drug-likeness (QED) is 0.172. The molecular formula is C24H21Cl2F6NOSiZr. The molecule has 0 unspecified atom stereocenters. The molecule has 3 aromatic carbocycles. The fourth-order valence-electron chi connectivity index (χ4n) is 3.37. The minimum atomic E-state index is -4.97. The van der Waals surface area contributed by atoms with Gasteiger partial charge in [0.2, 0.25) is 0 Å². The molecule has 0 spiro atoms. The number of rotatable bonds is 4. The normalized spacial score (nSPS) is 12.3. The fraction of sp³-hybridized carbons (Fsp3) is 0.208. The minimum absolute atomic E-state index is 0.0533. The molecule has 0 fully saturated rings. The molecule has 0 aliphatic heterocycles. The number of phenolic OH excluding ortho intramolecular Hbond substituents is 1. The Balaban J connectivity index is 0.00000145. The second-order valence-electron chi connectivity index (χ2n) is 8.63. The Labute approximate surface area is 224 Å². The van der Waals surface area contributed by atoms with Crippen LogP contribution in [0.3, 0.4) is 0 Å². The maximum atomic E-state index is 13.2. The summed E-state index contributed by atoms with van der Waals surface area (Å²) in [6.45, 7) is 6.02. The summed E-state index contributed by atoms with van der Waals surface area (Å²) in [5.41, 5.74) is -1.92. The van der Waals surface area contributed by atoms with Crippen LogP contribution in [-0.4, -0.2) is 19.4 Å². The molecule has 0 aliphatic carbocycles. The third kappa shape index (κ3) is 8.20. The summed E-state index contributed by atoms with van der Waals surface area (Å²) in [5.74, 6) is -0.0812. The molecule has 2 nitrogen and oxygen atoms in total. The van der Waals surface area contributed by atoms with Crippen molar-refractivity contribution < 1.29 is 52.3 Å². The van der Waals surface area contributed by atoms with Gasteiger partial charge in [-0.15, -0.1) is 0 Å². The van der Waals surface area contributed by atoms with E-state index in [1.165, 1.54) is 0 Å². The zero-order chi connectivity index (χ0) is 27.3. The van der Waals surface area contributed by atoms with Crippen LogP contribution in [0.25, 0.3) is 11.1 Å². The number of benzene rings is 3. The molecule has 0 atom stereocenters. The Morgan fingerprint density at radius 1 is 0.833 bits per heavy atom. The summed E-state index contributed by atoms with van der Waals surface area (Å²) < 4.78 is 79.1. The van der Waals surface area contributed by atoms with Crippen LogP contribution in [-0.2, 0) is 33.2 Å². The molecule has 192 valence electrons. The van der Waals surface area contributed by atoms with Gasteiger partial charge in [0.1, 0.15) is 5.75 Å². The van der Waals surface area contributed by atoms with Crippen molar-refractivity contribution in [3.63, 3.8) is 0 Å². The van der Waals surface area contributed by atoms with E-state index in [0.29, 0.717) is 22.9 Å². The second kappa shape index (κ2) is 12.3. The number of hydrogen-bond donors (Lipinski definition) is 1. The van der Waals surface area contributed by atoms with Gasteiger partial charge >= 0.3 is 50.2 Å². The monoisotopic (exact) mass is 641 g/mol. The summed E-state index contributed by atoms with van der Waals surface area (Å²) in [5, 5.41) is 11.7. The van der Waals surface area contributed by atoms with Crippen molar-refractivity contribution in [3.05, 3.63) is 77.4 Å². The van der Waals surface area contributed by atoms with Gasteiger partial charge in [-0.1, -0.05) is 62.1 Å². The van der Waals surface area contributed by atoms with Gasteiger partial charge in [-0.05, 0) is 34.5 Å². The van der Waals surface area contributed by atoms with Gasteiger partial charge in [-0.3, -0.25) is 4.99 Å². The van der Waals surface area contributed by atoms with Crippen LogP contribution in [0.4, 0.5) is 32.0 Å². The SMILES string of the molecule is C[Si](C)(C)c1ccc(-c2ccccc2)c(C=Nc2cc(C(F)(F)F)cc(C(F)(F)F)c2)c1O.[Cl][Zr][Cl]. The van der Waals surface area contributed by atoms with Gasteiger partial charge < -0.3 is 5.11 Å². The number of hydrogen-bond acceptors (Lipinski definition) is 2. The standard InChI is InChI=1S/C24H21F6NOSi.2ClH.Zr/c1-33(2,3)21-10-9-19(15-7-5-4-6-8-15)20(22(21)32)14-31-18-12-16(23(25,26)27)11-17(13-18)24(28,29)30;;;/h4-14,32H,1-3H3;2*1H;/q;;;+2/p-2. The first-order valence-electron chi connectivity index (χ1n) is 10.3. The van der Waals surface area contributed by atoms with Gasteiger partial charge in [0.15, 0.2) is 0 Å². The maximum absolute atomic E-state index is 13.2. The summed E-state index contributed by atoms with van der Waals surface area (Å²) >= 11 is -0.826. The number of halogens is 8. The Morgan fingerprint density at radius 2 is 1.33 bits per heavy atom. The number of aliphatic imine (C=N–C) groups is 1. The number of aromatic hydroxyl groups is 1. The van der Waals surface area contributed by atoms with Gasteiger partial charge in [0.05, 0.1) is 24.9 Å². The van der Waals surface area contributed by atoms with Crippen LogP contribution in [0.15, 0.2) is 65.7 Å². The average Bonchev–Trinajstić information content (AvgIpc) is 2.77. The number of alkyl halides is 6. The van der Waals surface area contributed by atoms with Crippen LogP contribution in [0.5, 0.6) is 5.75 Å². The van der Waals surface area contributed by atoms with Crippen LogP contribution in [0.1, 0.15) is 16.7 Å². The predicted molar refractivity (Wildman–Crippen MR) is 132 cm³/mol. The van der Waals surface area contributed by atoms with Gasteiger partial charge in [0, 0.05) is 11.8 Å².